The number of hydrogen-bond donors (Lipinski definition) is 1. The molecule has 2 aromatic rings. The number of carbonyl (C=O) groups is 1. The Morgan fingerprint density at radius 3 is 2.72 bits per heavy atom. The van der Waals surface area contributed by atoms with Gasteiger partial charge in [-0.15, -0.1) is 0 Å². The minimum Gasteiger partial charge on any atom is -0.355 e. The first-order chi connectivity index (χ1) is 12.1. The fraction of sp³-hybridized carbons (Fsp3) is 0.444. The Hall–Kier alpha value is -2.28. The van der Waals surface area contributed by atoms with Crippen LogP contribution in [0.5, 0.6) is 0 Å². The molecule has 0 unspecified atom stereocenters. The average molecular weight is 349 g/mol. The van der Waals surface area contributed by atoms with Crippen LogP contribution >= 0.6 is 0 Å². The summed E-state index contributed by atoms with van der Waals surface area (Å²) in [4.78, 5) is 14.1. The lowest BCUT2D eigenvalue weighted by Crippen LogP contribution is -2.48. The molecule has 1 aromatic carbocycles. The second-order valence-corrected chi connectivity index (χ2v) is 6.26. The van der Waals surface area contributed by atoms with Crippen molar-refractivity contribution in [3.05, 3.63) is 41.8 Å². The number of likely N-dealkylation sites (tertiary alicyclic amines) is 1. The molecule has 25 heavy (non-hydrogen) atoms. The van der Waals surface area contributed by atoms with Gasteiger partial charge in [-0.25, -0.2) is 8.78 Å². The highest BCUT2D eigenvalue weighted by Crippen LogP contribution is 2.20. The van der Waals surface area contributed by atoms with Crippen molar-refractivity contribution in [1.29, 1.82) is 0 Å². The van der Waals surface area contributed by atoms with E-state index in [1.165, 1.54) is 12.1 Å². The predicted molar refractivity (Wildman–Crippen MR) is 89.4 cm³/mol. The second kappa shape index (κ2) is 8.20. The first-order valence-electron chi connectivity index (χ1n) is 8.49. The standard InChI is InChI=1S/C18H21F2N3O2/c19-14-6-4-13(5-7-14)17-10-16(22-25-17)18(24)21-8-2-1-3-9-23-11-15(20)12-23/h4-7,10,15H,1-3,8-9,11-12H2,(H,21,24). The summed E-state index contributed by atoms with van der Waals surface area (Å²) >= 11 is 0. The van der Waals surface area contributed by atoms with Crippen LogP contribution in [0.15, 0.2) is 34.9 Å². The lowest BCUT2D eigenvalue weighted by Gasteiger charge is -2.34. The molecule has 1 aromatic heterocycles. The van der Waals surface area contributed by atoms with E-state index in [9.17, 15) is 13.6 Å². The van der Waals surface area contributed by atoms with Crippen molar-refractivity contribution in [3.8, 4) is 11.3 Å². The van der Waals surface area contributed by atoms with Crippen molar-refractivity contribution in [2.75, 3.05) is 26.2 Å². The van der Waals surface area contributed by atoms with Crippen LogP contribution in [-0.4, -0.2) is 48.3 Å². The van der Waals surface area contributed by atoms with Crippen molar-refractivity contribution < 1.29 is 18.1 Å². The molecular formula is C18H21F2N3O2. The zero-order chi connectivity index (χ0) is 17.6. The van der Waals surface area contributed by atoms with E-state index in [2.05, 4.69) is 15.4 Å². The average Bonchev–Trinajstić information content (AvgIpc) is 3.06. The van der Waals surface area contributed by atoms with Crippen molar-refractivity contribution >= 4 is 5.91 Å². The SMILES string of the molecule is O=C(NCCCCCN1CC(F)C1)c1cc(-c2ccc(F)cc2)on1. The number of aromatic nitrogens is 1. The number of halogens is 2. The number of amides is 1. The van der Waals surface area contributed by atoms with Gasteiger partial charge >= 0.3 is 0 Å². The Morgan fingerprint density at radius 1 is 1.24 bits per heavy atom. The van der Waals surface area contributed by atoms with Crippen LogP contribution in [0.1, 0.15) is 29.8 Å². The first-order valence-corrected chi connectivity index (χ1v) is 8.49. The fourth-order valence-electron chi connectivity index (χ4n) is 2.75. The first kappa shape index (κ1) is 17.5. The minimum absolute atomic E-state index is 0.203. The van der Waals surface area contributed by atoms with Crippen molar-refractivity contribution in [3.63, 3.8) is 0 Å². The van der Waals surface area contributed by atoms with Gasteiger partial charge in [-0.05, 0) is 43.7 Å². The van der Waals surface area contributed by atoms with Gasteiger partial charge in [0.15, 0.2) is 11.5 Å². The highest BCUT2D eigenvalue weighted by atomic mass is 19.1. The number of benzene rings is 1. The second-order valence-electron chi connectivity index (χ2n) is 6.26. The van der Waals surface area contributed by atoms with E-state index < -0.39 is 6.17 Å². The third-order valence-electron chi connectivity index (χ3n) is 4.22. The maximum atomic E-state index is 12.9. The summed E-state index contributed by atoms with van der Waals surface area (Å²) in [6, 6.07) is 7.33. The zero-order valence-corrected chi connectivity index (χ0v) is 13.9. The molecule has 7 heteroatoms. The van der Waals surface area contributed by atoms with Crippen molar-refractivity contribution in [2.24, 2.45) is 0 Å². The monoisotopic (exact) mass is 349 g/mol. The number of hydrogen-bond acceptors (Lipinski definition) is 4. The topological polar surface area (TPSA) is 58.4 Å². The molecule has 0 radical (unpaired) electrons. The molecule has 1 N–H and O–H groups in total. The molecule has 0 saturated carbocycles. The van der Waals surface area contributed by atoms with Gasteiger partial charge in [0, 0.05) is 31.3 Å². The molecular weight excluding hydrogens is 328 g/mol. The number of unbranched alkanes of at least 4 members (excludes halogenated alkanes) is 2. The van der Waals surface area contributed by atoms with Gasteiger partial charge in [0.25, 0.3) is 5.91 Å². The molecule has 1 amide bonds. The van der Waals surface area contributed by atoms with E-state index in [1.807, 2.05) is 0 Å². The Bertz CT molecular complexity index is 697. The number of rotatable bonds is 8. The van der Waals surface area contributed by atoms with Crippen LogP contribution in [0.2, 0.25) is 0 Å². The van der Waals surface area contributed by atoms with E-state index in [0.29, 0.717) is 31.0 Å². The largest absolute Gasteiger partial charge is 0.355 e. The summed E-state index contributed by atoms with van der Waals surface area (Å²) in [6.45, 7) is 2.58. The molecule has 0 spiro atoms. The number of nitrogens with zero attached hydrogens (tertiary/aromatic N) is 2. The highest BCUT2D eigenvalue weighted by Gasteiger charge is 2.24. The fourth-order valence-corrected chi connectivity index (χ4v) is 2.75. The Kier molecular flexibility index (Phi) is 5.75. The summed E-state index contributed by atoms with van der Waals surface area (Å²) in [5.41, 5.74) is 0.864. The van der Waals surface area contributed by atoms with Gasteiger partial charge in [0.05, 0.1) is 0 Å². The molecule has 134 valence electrons. The van der Waals surface area contributed by atoms with Crippen LogP contribution < -0.4 is 5.32 Å². The van der Waals surface area contributed by atoms with Crippen LogP contribution in [-0.2, 0) is 0 Å². The number of nitrogens with one attached hydrogen (secondary N) is 1. The van der Waals surface area contributed by atoms with E-state index in [0.717, 1.165) is 25.8 Å². The lowest BCUT2D eigenvalue weighted by molar-refractivity contribution is 0.0643. The molecule has 3 rings (SSSR count). The van der Waals surface area contributed by atoms with Gasteiger partial charge < -0.3 is 9.84 Å². The summed E-state index contributed by atoms with van der Waals surface area (Å²) in [7, 11) is 0. The van der Waals surface area contributed by atoms with Gasteiger partial charge in [-0.2, -0.15) is 0 Å². The highest BCUT2D eigenvalue weighted by molar-refractivity contribution is 5.93. The molecule has 1 aliphatic heterocycles. The quantitative estimate of drug-likeness (QED) is 0.744. The number of alkyl halides is 1. The summed E-state index contributed by atoms with van der Waals surface area (Å²) < 4.78 is 30.7. The maximum Gasteiger partial charge on any atom is 0.273 e. The summed E-state index contributed by atoms with van der Waals surface area (Å²) in [6.07, 6.45) is 2.19. The molecule has 1 saturated heterocycles. The predicted octanol–water partition coefficient (Wildman–Crippen LogP) is 3.03. The molecule has 5 nitrogen and oxygen atoms in total. The normalized spacial score (nSPS) is 15.1. The van der Waals surface area contributed by atoms with Gasteiger partial charge in [-0.1, -0.05) is 11.6 Å². The number of carbonyl (C=O) groups excluding carboxylic acids is 1. The summed E-state index contributed by atoms with van der Waals surface area (Å²) in [5, 5.41) is 6.56. The zero-order valence-electron chi connectivity index (χ0n) is 13.9. The maximum absolute atomic E-state index is 12.9. The van der Waals surface area contributed by atoms with E-state index >= 15 is 0 Å². The molecule has 0 bridgehead atoms. The Balaban J connectivity index is 1.36. The van der Waals surface area contributed by atoms with Crippen LogP contribution in [0.25, 0.3) is 11.3 Å². The van der Waals surface area contributed by atoms with Crippen LogP contribution in [0.4, 0.5) is 8.78 Å². The van der Waals surface area contributed by atoms with E-state index in [-0.39, 0.29) is 17.4 Å². The van der Waals surface area contributed by atoms with Crippen LogP contribution in [0, 0.1) is 5.82 Å². The molecule has 1 aliphatic rings. The summed E-state index contributed by atoms with van der Waals surface area (Å²) in [5.74, 6) is -0.203. The Labute approximate surface area is 145 Å². The third-order valence-corrected chi connectivity index (χ3v) is 4.22. The third kappa shape index (κ3) is 4.85. The lowest BCUT2D eigenvalue weighted by atomic mass is 10.1. The minimum atomic E-state index is -0.651. The van der Waals surface area contributed by atoms with Crippen molar-refractivity contribution in [2.45, 2.75) is 25.4 Å². The van der Waals surface area contributed by atoms with Gasteiger partial charge in [0.2, 0.25) is 0 Å². The molecule has 0 atom stereocenters. The molecule has 0 aliphatic carbocycles. The van der Waals surface area contributed by atoms with Gasteiger partial charge in [-0.3, -0.25) is 9.69 Å². The van der Waals surface area contributed by atoms with Crippen molar-refractivity contribution in [1.82, 2.24) is 15.4 Å². The molecule has 1 fully saturated rings. The van der Waals surface area contributed by atoms with Gasteiger partial charge in [0.1, 0.15) is 12.0 Å². The van der Waals surface area contributed by atoms with E-state index in [1.54, 1.807) is 18.2 Å². The molecule has 2 heterocycles. The van der Waals surface area contributed by atoms with E-state index in [4.69, 9.17) is 4.52 Å². The van der Waals surface area contributed by atoms with Crippen LogP contribution in [0.3, 0.4) is 0 Å². The smallest absolute Gasteiger partial charge is 0.273 e. The Morgan fingerprint density at radius 2 is 2.00 bits per heavy atom.